The molecule has 1 aromatic carbocycles. The number of amides is 1. The van der Waals surface area contributed by atoms with Gasteiger partial charge in [-0.05, 0) is 24.3 Å². The van der Waals surface area contributed by atoms with E-state index < -0.39 is 21.5 Å². The number of fused-ring (bicyclic) bond motifs is 1. The first-order valence-electron chi connectivity index (χ1n) is 7.12. The molecule has 0 saturated carbocycles. The molecule has 1 N–H and O–H groups in total. The van der Waals surface area contributed by atoms with Crippen LogP contribution in [-0.2, 0) is 14.8 Å². The number of hydrogen-bond donors (Lipinski definition) is 1. The van der Waals surface area contributed by atoms with Crippen LogP contribution >= 0.6 is 0 Å². The molecule has 0 aliphatic carbocycles. The highest BCUT2D eigenvalue weighted by atomic mass is 32.2. The van der Waals surface area contributed by atoms with E-state index in [0.29, 0.717) is 19.0 Å². The number of nitrogens with one attached hydrogen (secondary N) is 1. The molecule has 9 heteroatoms. The number of nitriles is 1. The van der Waals surface area contributed by atoms with Crippen LogP contribution in [0.1, 0.15) is 5.76 Å². The Hall–Kier alpha value is -3.25. The minimum atomic E-state index is -4.18. The van der Waals surface area contributed by atoms with Gasteiger partial charge >= 0.3 is 0 Å². The minimum Gasteiger partial charge on any atom is -0.486 e. The average molecular weight is 360 g/mol. The van der Waals surface area contributed by atoms with Gasteiger partial charge in [-0.2, -0.15) is 5.26 Å². The molecular formula is C16H12N2O6S. The van der Waals surface area contributed by atoms with Crippen LogP contribution in [0.15, 0.2) is 51.5 Å². The molecule has 0 spiro atoms. The minimum absolute atomic E-state index is 0.180. The highest BCUT2D eigenvalue weighted by Gasteiger charge is 2.23. The summed E-state index contributed by atoms with van der Waals surface area (Å²) in [6.45, 7) is 0.673. The van der Waals surface area contributed by atoms with Crippen molar-refractivity contribution in [1.82, 2.24) is 4.72 Å². The molecule has 25 heavy (non-hydrogen) atoms. The van der Waals surface area contributed by atoms with Crippen molar-refractivity contribution in [1.29, 1.82) is 5.26 Å². The topological polar surface area (TPSA) is 119 Å². The number of hydrogen-bond acceptors (Lipinski definition) is 7. The maximum absolute atomic E-state index is 12.4. The molecule has 2 aromatic rings. The zero-order valence-corrected chi connectivity index (χ0v) is 13.6. The van der Waals surface area contributed by atoms with Crippen molar-refractivity contribution in [3.8, 4) is 17.6 Å². The van der Waals surface area contributed by atoms with E-state index in [1.54, 1.807) is 12.1 Å². The van der Waals surface area contributed by atoms with Gasteiger partial charge in [0.15, 0.2) is 11.5 Å². The third kappa shape index (κ3) is 3.64. The normalized spacial score (nSPS) is 13.8. The van der Waals surface area contributed by atoms with Crippen LogP contribution in [-0.4, -0.2) is 27.5 Å². The lowest BCUT2D eigenvalue weighted by atomic mass is 10.2. The molecule has 1 aliphatic rings. The average Bonchev–Trinajstić information content (AvgIpc) is 3.12. The number of sulfonamides is 1. The fourth-order valence-corrected chi connectivity index (χ4v) is 3.07. The van der Waals surface area contributed by atoms with Crippen LogP contribution < -0.4 is 14.2 Å². The smallest absolute Gasteiger partial charge is 0.275 e. The summed E-state index contributed by atoms with van der Waals surface area (Å²) in [6, 6.07) is 8.73. The van der Waals surface area contributed by atoms with Crippen molar-refractivity contribution in [3.05, 3.63) is 47.9 Å². The zero-order chi connectivity index (χ0) is 17.9. The molecule has 0 fully saturated rings. The van der Waals surface area contributed by atoms with Crippen molar-refractivity contribution in [3.63, 3.8) is 0 Å². The molecule has 128 valence electrons. The van der Waals surface area contributed by atoms with Crippen molar-refractivity contribution in [2.45, 2.75) is 4.90 Å². The largest absolute Gasteiger partial charge is 0.486 e. The molecule has 0 saturated heterocycles. The van der Waals surface area contributed by atoms with Gasteiger partial charge in [0.1, 0.15) is 30.6 Å². The highest BCUT2D eigenvalue weighted by Crippen LogP contribution is 2.32. The molecule has 2 heterocycles. The first-order valence-corrected chi connectivity index (χ1v) is 8.60. The van der Waals surface area contributed by atoms with E-state index in [2.05, 4.69) is 0 Å². The standard InChI is InChI=1S/C16H12N2O6S/c17-10-11(8-12-2-1-5-22-12)16(19)18-25(20,21)13-3-4-14-15(9-13)24-7-6-23-14/h1-5,8-9H,6-7H2,(H,18,19). The quantitative estimate of drug-likeness (QED) is 0.647. The molecule has 0 bridgehead atoms. The summed E-state index contributed by atoms with van der Waals surface area (Å²) in [5.41, 5.74) is -0.406. The van der Waals surface area contributed by atoms with Gasteiger partial charge in [0.05, 0.1) is 11.2 Å². The fraction of sp³-hybridized carbons (Fsp3) is 0.125. The third-order valence-corrected chi connectivity index (χ3v) is 4.57. The monoisotopic (exact) mass is 360 g/mol. The van der Waals surface area contributed by atoms with E-state index in [1.807, 2.05) is 4.72 Å². The van der Waals surface area contributed by atoms with Crippen LogP contribution in [0.25, 0.3) is 6.08 Å². The third-order valence-electron chi connectivity index (χ3n) is 3.25. The van der Waals surface area contributed by atoms with Gasteiger partial charge in [-0.25, -0.2) is 13.1 Å². The van der Waals surface area contributed by atoms with Crippen LogP contribution in [0.4, 0.5) is 0 Å². The molecule has 1 aromatic heterocycles. The van der Waals surface area contributed by atoms with Crippen molar-refractivity contribution in [2.24, 2.45) is 0 Å². The van der Waals surface area contributed by atoms with Crippen molar-refractivity contribution < 1.29 is 27.1 Å². The number of furan rings is 1. The first-order chi connectivity index (χ1) is 12.0. The number of rotatable bonds is 4. The van der Waals surface area contributed by atoms with E-state index in [9.17, 15) is 13.2 Å². The van der Waals surface area contributed by atoms with Gasteiger partial charge in [0.25, 0.3) is 15.9 Å². The summed E-state index contributed by atoms with van der Waals surface area (Å²) in [7, 11) is -4.18. The number of carbonyl (C=O) groups excluding carboxylic acids is 1. The Morgan fingerprint density at radius 2 is 1.96 bits per heavy atom. The number of benzene rings is 1. The van der Waals surface area contributed by atoms with Crippen LogP contribution in [0, 0.1) is 11.3 Å². The Labute approximate surface area is 143 Å². The van der Waals surface area contributed by atoms with Crippen LogP contribution in [0.3, 0.4) is 0 Å². The van der Waals surface area contributed by atoms with Crippen LogP contribution in [0.2, 0.25) is 0 Å². The predicted octanol–water partition coefficient (Wildman–Crippen LogP) is 1.46. The summed E-state index contributed by atoms with van der Waals surface area (Å²) in [6.07, 6.45) is 2.51. The zero-order valence-electron chi connectivity index (χ0n) is 12.8. The van der Waals surface area contributed by atoms with E-state index in [1.165, 1.54) is 30.5 Å². The van der Waals surface area contributed by atoms with E-state index in [-0.39, 0.29) is 16.4 Å². The SMILES string of the molecule is N#CC(=Cc1ccco1)C(=O)NS(=O)(=O)c1ccc2c(c1)OCCO2. The molecule has 8 nitrogen and oxygen atoms in total. The van der Waals surface area contributed by atoms with Gasteiger partial charge in [-0.15, -0.1) is 0 Å². The maximum atomic E-state index is 12.4. The fourth-order valence-electron chi connectivity index (χ4n) is 2.09. The molecule has 1 amide bonds. The van der Waals surface area contributed by atoms with Gasteiger partial charge < -0.3 is 13.9 Å². The van der Waals surface area contributed by atoms with Gasteiger partial charge in [-0.3, -0.25) is 4.79 Å². The molecule has 0 radical (unpaired) electrons. The van der Waals surface area contributed by atoms with Gasteiger partial charge in [-0.1, -0.05) is 0 Å². The van der Waals surface area contributed by atoms with Crippen LogP contribution in [0.5, 0.6) is 11.5 Å². The Morgan fingerprint density at radius 3 is 2.64 bits per heavy atom. The van der Waals surface area contributed by atoms with Crippen molar-refractivity contribution >= 4 is 22.0 Å². The van der Waals surface area contributed by atoms with Gasteiger partial charge in [0.2, 0.25) is 0 Å². The second-order valence-electron chi connectivity index (χ2n) is 4.93. The Balaban J connectivity index is 1.83. The molecule has 1 aliphatic heterocycles. The summed E-state index contributed by atoms with van der Waals surface area (Å²) in [5.74, 6) is -0.114. The summed E-state index contributed by atoms with van der Waals surface area (Å²) < 4.78 is 42.2. The molecule has 3 rings (SSSR count). The van der Waals surface area contributed by atoms with E-state index >= 15 is 0 Å². The molecule has 0 atom stereocenters. The molecular weight excluding hydrogens is 348 g/mol. The number of nitrogens with zero attached hydrogens (tertiary/aromatic N) is 1. The van der Waals surface area contributed by atoms with Gasteiger partial charge in [0, 0.05) is 12.1 Å². The Kier molecular flexibility index (Phi) is 4.45. The number of carbonyl (C=O) groups is 1. The molecule has 0 unspecified atom stereocenters. The predicted molar refractivity (Wildman–Crippen MR) is 85.1 cm³/mol. The number of ether oxygens (including phenoxy) is 2. The second-order valence-corrected chi connectivity index (χ2v) is 6.61. The first kappa shape index (κ1) is 16.6. The second kappa shape index (κ2) is 6.70. The van der Waals surface area contributed by atoms with Crippen molar-refractivity contribution in [2.75, 3.05) is 13.2 Å². The summed E-state index contributed by atoms with van der Waals surface area (Å²) in [4.78, 5) is 11.9. The highest BCUT2D eigenvalue weighted by molar-refractivity contribution is 7.90. The maximum Gasteiger partial charge on any atom is 0.275 e. The summed E-state index contributed by atoms with van der Waals surface area (Å²) in [5, 5.41) is 9.07. The Bertz CT molecular complexity index is 971. The van der Waals surface area contributed by atoms with E-state index in [4.69, 9.17) is 19.2 Å². The van der Waals surface area contributed by atoms with E-state index in [0.717, 1.165) is 6.08 Å². The Morgan fingerprint density at radius 1 is 1.20 bits per heavy atom. The lowest BCUT2D eigenvalue weighted by Gasteiger charge is -2.18. The lowest BCUT2D eigenvalue weighted by molar-refractivity contribution is -0.115. The lowest BCUT2D eigenvalue weighted by Crippen LogP contribution is -2.31. The summed E-state index contributed by atoms with van der Waals surface area (Å²) >= 11 is 0.